The standard InChI is InChI=1S/C12H10ClN3O4S/c13-10-5-6-11(15-14-10)16-21(19,20)9-3-1-8(2-4-9)7-12(17)18/h1-6H,7H2,(H,15,16)(H,17,18). The van der Waals surface area contributed by atoms with Crippen molar-refractivity contribution in [1.29, 1.82) is 0 Å². The van der Waals surface area contributed by atoms with Gasteiger partial charge in [0.05, 0.1) is 11.3 Å². The SMILES string of the molecule is O=C(O)Cc1ccc(S(=O)(=O)Nc2ccc(Cl)nn2)cc1. The van der Waals surface area contributed by atoms with Crippen molar-refractivity contribution >= 4 is 33.4 Å². The lowest BCUT2D eigenvalue weighted by Gasteiger charge is -2.07. The minimum Gasteiger partial charge on any atom is -0.481 e. The number of carboxylic acids is 1. The lowest BCUT2D eigenvalue weighted by molar-refractivity contribution is -0.136. The normalized spacial score (nSPS) is 11.1. The summed E-state index contributed by atoms with van der Waals surface area (Å²) in [5.41, 5.74) is 0.507. The maximum Gasteiger partial charge on any atom is 0.307 e. The number of halogens is 1. The van der Waals surface area contributed by atoms with Crippen LogP contribution in [0.1, 0.15) is 5.56 Å². The summed E-state index contributed by atoms with van der Waals surface area (Å²) >= 11 is 5.56. The van der Waals surface area contributed by atoms with Crippen LogP contribution in [0, 0.1) is 0 Å². The van der Waals surface area contributed by atoms with E-state index in [4.69, 9.17) is 16.7 Å². The van der Waals surface area contributed by atoms with Crippen LogP contribution in [0.2, 0.25) is 5.15 Å². The van der Waals surface area contributed by atoms with Crippen LogP contribution in [0.4, 0.5) is 5.82 Å². The Morgan fingerprint density at radius 1 is 1.14 bits per heavy atom. The van der Waals surface area contributed by atoms with E-state index < -0.39 is 16.0 Å². The van der Waals surface area contributed by atoms with Gasteiger partial charge in [-0.15, -0.1) is 10.2 Å². The number of hydrogen-bond acceptors (Lipinski definition) is 5. The molecule has 0 bridgehead atoms. The molecule has 1 aromatic carbocycles. The number of aliphatic carboxylic acids is 1. The Morgan fingerprint density at radius 2 is 1.81 bits per heavy atom. The van der Waals surface area contributed by atoms with Gasteiger partial charge in [0.1, 0.15) is 0 Å². The number of carboxylic acid groups (broad SMARTS) is 1. The zero-order chi connectivity index (χ0) is 15.5. The minimum atomic E-state index is -3.81. The highest BCUT2D eigenvalue weighted by Gasteiger charge is 2.15. The summed E-state index contributed by atoms with van der Waals surface area (Å²) in [6, 6.07) is 8.31. The molecule has 0 fully saturated rings. The van der Waals surface area contributed by atoms with Gasteiger partial charge in [-0.05, 0) is 29.8 Å². The molecule has 0 saturated heterocycles. The summed E-state index contributed by atoms with van der Waals surface area (Å²) in [5.74, 6) is -0.950. The molecule has 0 aliphatic carbocycles. The monoisotopic (exact) mass is 327 g/mol. The Balaban J connectivity index is 2.19. The Labute approximate surface area is 125 Å². The summed E-state index contributed by atoms with van der Waals surface area (Å²) < 4.78 is 26.4. The fraction of sp³-hybridized carbons (Fsp3) is 0.0833. The average Bonchev–Trinajstić information content (AvgIpc) is 2.41. The molecule has 0 amide bonds. The zero-order valence-electron chi connectivity index (χ0n) is 10.5. The molecule has 2 aromatic rings. The Hall–Kier alpha value is -2.19. The fourth-order valence-corrected chi connectivity index (χ4v) is 2.63. The summed E-state index contributed by atoms with van der Waals surface area (Å²) in [7, 11) is -3.81. The van der Waals surface area contributed by atoms with Crippen molar-refractivity contribution in [3.8, 4) is 0 Å². The van der Waals surface area contributed by atoms with Gasteiger partial charge >= 0.3 is 5.97 Å². The van der Waals surface area contributed by atoms with E-state index in [-0.39, 0.29) is 22.3 Å². The number of hydrogen-bond donors (Lipinski definition) is 2. The van der Waals surface area contributed by atoms with Crippen molar-refractivity contribution in [3.05, 3.63) is 47.1 Å². The summed E-state index contributed by atoms with van der Waals surface area (Å²) in [6.07, 6.45) is -0.170. The third-order valence-electron chi connectivity index (χ3n) is 2.46. The van der Waals surface area contributed by atoms with Crippen LogP contribution in [0.5, 0.6) is 0 Å². The molecule has 2 N–H and O–H groups in total. The van der Waals surface area contributed by atoms with E-state index in [0.717, 1.165) is 0 Å². The van der Waals surface area contributed by atoms with Crippen LogP contribution in [-0.4, -0.2) is 29.7 Å². The lowest BCUT2D eigenvalue weighted by atomic mass is 10.2. The van der Waals surface area contributed by atoms with Crippen LogP contribution in [0.15, 0.2) is 41.3 Å². The quantitative estimate of drug-likeness (QED) is 0.862. The molecule has 1 heterocycles. The first-order valence-electron chi connectivity index (χ1n) is 5.69. The second-order valence-corrected chi connectivity index (χ2v) is 6.13. The molecule has 2 rings (SSSR count). The summed E-state index contributed by atoms with van der Waals surface area (Å²) in [5, 5.41) is 15.9. The highest BCUT2D eigenvalue weighted by molar-refractivity contribution is 7.92. The maximum absolute atomic E-state index is 12.1. The number of rotatable bonds is 5. The molecule has 9 heteroatoms. The van der Waals surface area contributed by atoms with Gasteiger partial charge in [0, 0.05) is 0 Å². The molecule has 0 saturated carbocycles. The van der Waals surface area contributed by atoms with E-state index in [0.29, 0.717) is 5.56 Å². The van der Waals surface area contributed by atoms with Crippen LogP contribution in [-0.2, 0) is 21.2 Å². The molecule has 0 spiro atoms. The first-order valence-corrected chi connectivity index (χ1v) is 7.56. The largest absolute Gasteiger partial charge is 0.481 e. The third kappa shape index (κ3) is 4.14. The average molecular weight is 328 g/mol. The van der Waals surface area contributed by atoms with Crippen LogP contribution >= 0.6 is 11.6 Å². The van der Waals surface area contributed by atoms with Gasteiger partial charge < -0.3 is 5.11 Å². The van der Waals surface area contributed by atoms with Gasteiger partial charge in [0.2, 0.25) is 0 Å². The van der Waals surface area contributed by atoms with E-state index in [1.165, 1.54) is 36.4 Å². The predicted molar refractivity (Wildman–Crippen MR) is 75.6 cm³/mol. The predicted octanol–water partition coefficient (Wildman–Crippen LogP) is 1.56. The first-order chi connectivity index (χ1) is 9.87. The van der Waals surface area contributed by atoms with Gasteiger partial charge in [0.15, 0.2) is 11.0 Å². The van der Waals surface area contributed by atoms with Crippen molar-refractivity contribution in [2.45, 2.75) is 11.3 Å². The van der Waals surface area contributed by atoms with Crippen molar-refractivity contribution in [3.63, 3.8) is 0 Å². The second kappa shape index (κ2) is 6.06. The molecular weight excluding hydrogens is 318 g/mol. The summed E-state index contributed by atoms with van der Waals surface area (Å²) in [6.45, 7) is 0. The van der Waals surface area contributed by atoms with Crippen LogP contribution in [0.25, 0.3) is 0 Å². The molecule has 0 aliphatic heterocycles. The van der Waals surface area contributed by atoms with Crippen molar-refractivity contribution in [2.24, 2.45) is 0 Å². The van der Waals surface area contributed by atoms with E-state index in [1.54, 1.807) is 0 Å². The van der Waals surface area contributed by atoms with Crippen LogP contribution in [0.3, 0.4) is 0 Å². The van der Waals surface area contributed by atoms with Crippen LogP contribution < -0.4 is 4.72 Å². The van der Waals surface area contributed by atoms with Gasteiger partial charge in [-0.25, -0.2) is 8.42 Å². The molecule has 0 atom stereocenters. The lowest BCUT2D eigenvalue weighted by Crippen LogP contribution is -2.14. The number of carbonyl (C=O) groups is 1. The number of anilines is 1. The smallest absolute Gasteiger partial charge is 0.307 e. The number of aromatic nitrogens is 2. The number of nitrogens with zero attached hydrogens (tertiary/aromatic N) is 2. The Morgan fingerprint density at radius 3 is 2.33 bits per heavy atom. The third-order valence-corrected chi connectivity index (χ3v) is 4.03. The van der Waals surface area contributed by atoms with E-state index in [2.05, 4.69) is 14.9 Å². The van der Waals surface area contributed by atoms with Gasteiger partial charge in [-0.1, -0.05) is 23.7 Å². The zero-order valence-corrected chi connectivity index (χ0v) is 12.1. The first kappa shape index (κ1) is 15.2. The Bertz CT molecular complexity index is 745. The summed E-state index contributed by atoms with van der Waals surface area (Å²) in [4.78, 5) is 10.6. The molecule has 110 valence electrons. The molecule has 0 aliphatic rings. The van der Waals surface area contributed by atoms with E-state index in [9.17, 15) is 13.2 Å². The molecule has 7 nitrogen and oxygen atoms in total. The highest BCUT2D eigenvalue weighted by atomic mass is 35.5. The number of nitrogens with one attached hydrogen (secondary N) is 1. The topological polar surface area (TPSA) is 109 Å². The molecule has 0 radical (unpaired) electrons. The minimum absolute atomic E-state index is 0.00612. The Kier molecular flexibility index (Phi) is 4.39. The molecule has 1 aromatic heterocycles. The molecular formula is C12H10ClN3O4S. The van der Waals surface area contributed by atoms with Crippen molar-refractivity contribution in [1.82, 2.24) is 10.2 Å². The number of benzene rings is 1. The molecule has 21 heavy (non-hydrogen) atoms. The fourth-order valence-electron chi connectivity index (χ4n) is 1.53. The highest BCUT2D eigenvalue weighted by Crippen LogP contribution is 2.15. The van der Waals surface area contributed by atoms with Crippen molar-refractivity contribution in [2.75, 3.05) is 4.72 Å². The maximum atomic E-state index is 12.1. The van der Waals surface area contributed by atoms with Gasteiger partial charge in [-0.2, -0.15) is 0 Å². The van der Waals surface area contributed by atoms with E-state index in [1.807, 2.05) is 0 Å². The second-order valence-electron chi connectivity index (χ2n) is 4.06. The number of sulfonamides is 1. The molecule has 0 unspecified atom stereocenters. The van der Waals surface area contributed by atoms with Gasteiger partial charge in [-0.3, -0.25) is 9.52 Å². The van der Waals surface area contributed by atoms with E-state index >= 15 is 0 Å². The van der Waals surface area contributed by atoms with Crippen molar-refractivity contribution < 1.29 is 18.3 Å². The van der Waals surface area contributed by atoms with Gasteiger partial charge in [0.25, 0.3) is 10.0 Å².